The lowest BCUT2D eigenvalue weighted by atomic mass is 10.1. The number of carbonyl (C=O) groups excluding carboxylic acids is 2. The van der Waals surface area contributed by atoms with Crippen LogP contribution in [0.4, 0.5) is 0 Å². The Morgan fingerprint density at radius 3 is 2.30 bits per heavy atom. The molecule has 3 rings (SSSR count). The van der Waals surface area contributed by atoms with Crippen LogP contribution in [0.3, 0.4) is 0 Å². The lowest BCUT2D eigenvalue weighted by molar-refractivity contribution is 0.0663. The molecule has 2 amide bonds. The highest BCUT2D eigenvalue weighted by atomic mass is 32.2. The van der Waals surface area contributed by atoms with Gasteiger partial charge >= 0.3 is 0 Å². The van der Waals surface area contributed by atoms with E-state index in [1.165, 1.54) is 4.31 Å². The van der Waals surface area contributed by atoms with Crippen molar-refractivity contribution in [2.75, 3.05) is 25.4 Å². The number of imide groups is 1. The van der Waals surface area contributed by atoms with E-state index in [0.29, 0.717) is 24.2 Å². The van der Waals surface area contributed by atoms with Crippen LogP contribution in [-0.2, 0) is 10.0 Å². The van der Waals surface area contributed by atoms with Gasteiger partial charge in [-0.05, 0) is 25.0 Å². The average Bonchev–Trinajstić information content (AvgIpc) is 2.77. The summed E-state index contributed by atoms with van der Waals surface area (Å²) in [5.74, 6) is -1.14. The van der Waals surface area contributed by atoms with Crippen molar-refractivity contribution in [2.45, 2.75) is 18.9 Å². The minimum Gasteiger partial charge on any atom is -0.327 e. The molecule has 0 aliphatic carbocycles. The van der Waals surface area contributed by atoms with Crippen LogP contribution in [-0.4, -0.2) is 60.9 Å². The molecule has 1 atom stereocenters. The summed E-state index contributed by atoms with van der Waals surface area (Å²) in [6.45, 7) is 0.600. The zero-order valence-corrected chi connectivity index (χ0v) is 13.5. The minimum absolute atomic E-state index is 0.138. The number of sulfonamides is 1. The summed E-state index contributed by atoms with van der Waals surface area (Å²) < 4.78 is 26.2. The Labute approximate surface area is 135 Å². The van der Waals surface area contributed by atoms with Crippen molar-refractivity contribution < 1.29 is 18.0 Å². The lowest BCUT2D eigenvalue weighted by Crippen LogP contribution is -2.48. The van der Waals surface area contributed by atoms with E-state index in [4.69, 9.17) is 5.73 Å². The number of nitrogens with two attached hydrogens (primary N) is 1. The Hall–Kier alpha value is -1.77. The highest BCUT2D eigenvalue weighted by Gasteiger charge is 2.36. The first-order valence-electron chi connectivity index (χ1n) is 7.59. The van der Waals surface area contributed by atoms with Crippen molar-refractivity contribution in [2.24, 2.45) is 5.73 Å². The molecule has 0 radical (unpaired) electrons. The third-order valence-electron chi connectivity index (χ3n) is 4.26. The molecule has 23 heavy (non-hydrogen) atoms. The number of rotatable bonds is 4. The maximum atomic E-state index is 12.4. The smallest absolute Gasteiger partial charge is 0.261 e. The quantitative estimate of drug-likeness (QED) is 0.782. The fourth-order valence-corrected chi connectivity index (χ4v) is 4.50. The largest absolute Gasteiger partial charge is 0.327 e. The van der Waals surface area contributed by atoms with Crippen LogP contribution in [0.5, 0.6) is 0 Å². The second-order valence-electron chi connectivity index (χ2n) is 5.88. The fourth-order valence-electron chi connectivity index (χ4n) is 3.00. The van der Waals surface area contributed by atoms with Crippen molar-refractivity contribution in [3.8, 4) is 0 Å². The van der Waals surface area contributed by atoms with Gasteiger partial charge in [-0.1, -0.05) is 12.1 Å². The van der Waals surface area contributed by atoms with Crippen molar-refractivity contribution in [3.05, 3.63) is 35.4 Å². The van der Waals surface area contributed by atoms with Crippen LogP contribution in [0, 0.1) is 0 Å². The number of amides is 2. The summed E-state index contributed by atoms with van der Waals surface area (Å²) in [6.07, 6.45) is 1.54. The number of benzene rings is 1. The van der Waals surface area contributed by atoms with E-state index < -0.39 is 21.8 Å². The van der Waals surface area contributed by atoms with Gasteiger partial charge in [-0.3, -0.25) is 14.5 Å². The van der Waals surface area contributed by atoms with Crippen LogP contribution < -0.4 is 5.73 Å². The third kappa shape index (κ3) is 3.01. The highest BCUT2D eigenvalue weighted by Crippen LogP contribution is 2.22. The topological polar surface area (TPSA) is 101 Å². The molecule has 1 aromatic rings. The number of fused-ring (bicyclic) bond motifs is 1. The molecule has 2 heterocycles. The molecule has 2 N–H and O–H groups in total. The molecule has 124 valence electrons. The molecule has 0 bridgehead atoms. The molecule has 1 unspecified atom stereocenters. The van der Waals surface area contributed by atoms with E-state index in [1.54, 1.807) is 24.3 Å². The number of carbonyl (C=O) groups is 2. The summed E-state index contributed by atoms with van der Waals surface area (Å²) in [7, 11) is -3.53. The summed E-state index contributed by atoms with van der Waals surface area (Å²) >= 11 is 0. The SMILES string of the molecule is NC1CCCN(S(=O)(=O)CCN2C(=O)c3ccccc3C2=O)C1. The summed E-state index contributed by atoms with van der Waals surface area (Å²) in [6, 6.07) is 6.36. The van der Waals surface area contributed by atoms with Crippen LogP contribution >= 0.6 is 0 Å². The van der Waals surface area contributed by atoms with Crippen LogP contribution in [0.2, 0.25) is 0 Å². The zero-order chi connectivity index (χ0) is 16.6. The van der Waals surface area contributed by atoms with Gasteiger partial charge in [0.25, 0.3) is 11.8 Å². The molecule has 2 aliphatic heterocycles. The minimum atomic E-state index is -3.53. The molecule has 0 aromatic heterocycles. The Balaban J connectivity index is 1.69. The van der Waals surface area contributed by atoms with E-state index in [1.807, 2.05) is 0 Å². The van der Waals surface area contributed by atoms with E-state index in [-0.39, 0.29) is 18.3 Å². The Kier molecular flexibility index (Phi) is 4.22. The van der Waals surface area contributed by atoms with Crippen LogP contribution in [0.25, 0.3) is 0 Å². The van der Waals surface area contributed by atoms with Crippen molar-refractivity contribution in [3.63, 3.8) is 0 Å². The van der Waals surface area contributed by atoms with E-state index in [0.717, 1.165) is 17.7 Å². The van der Waals surface area contributed by atoms with Gasteiger partial charge < -0.3 is 5.73 Å². The summed E-state index contributed by atoms with van der Waals surface area (Å²) in [5, 5.41) is 0. The fraction of sp³-hybridized carbons (Fsp3) is 0.467. The van der Waals surface area contributed by atoms with Crippen LogP contribution in [0.1, 0.15) is 33.6 Å². The summed E-state index contributed by atoms with van der Waals surface area (Å²) in [5.41, 5.74) is 6.47. The number of nitrogens with zero attached hydrogens (tertiary/aromatic N) is 2. The standard InChI is InChI=1S/C15H19N3O4S/c16-11-4-3-7-17(10-11)23(21,22)9-8-18-14(19)12-5-1-2-6-13(12)15(18)20/h1-2,5-6,11H,3-4,7-10,16H2. The first-order valence-corrected chi connectivity index (χ1v) is 9.20. The Morgan fingerprint density at radius 1 is 1.13 bits per heavy atom. The van der Waals surface area contributed by atoms with Gasteiger partial charge in [0, 0.05) is 25.7 Å². The highest BCUT2D eigenvalue weighted by molar-refractivity contribution is 7.89. The van der Waals surface area contributed by atoms with E-state index in [9.17, 15) is 18.0 Å². The van der Waals surface area contributed by atoms with Crippen molar-refractivity contribution in [1.82, 2.24) is 9.21 Å². The van der Waals surface area contributed by atoms with Gasteiger partial charge in [0.05, 0.1) is 16.9 Å². The monoisotopic (exact) mass is 337 g/mol. The first kappa shape index (κ1) is 16.1. The average molecular weight is 337 g/mol. The van der Waals surface area contributed by atoms with Crippen molar-refractivity contribution in [1.29, 1.82) is 0 Å². The van der Waals surface area contributed by atoms with E-state index >= 15 is 0 Å². The maximum absolute atomic E-state index is 12.4. The normalized spacial score (nSPS) is 22.5. The van der Waals surface area contributed by atoms with Gasteiger partial charge in [-0.25, -0.2) is 12.7 Å². The number of piperidine rings is 1. The Bertz CT molecular complexity index is 712. The Morgan fingerprint density at radius 2 is 1.74 bits per heavy atom. The predicted molar refractivity (Wildman–Crippen MR) is 84.4 cm³/mol. The summed E-state index contributed by atoms with van der Waals surface area (Å²) in [4.78, 5) is 25.5. The number of hydrogen-bond acceptors (Lipinski definition) is 5. The van der Waals surface area contributed by atoms with Gasteiger partial charge in [0.1, 0.15) is 0 Å². The molecule has 0 spiro atoms. The molecular weight excluding hydrogens is 318 g/mol. The molecule has 0 saturated carbocycles. The first-order chi connectivity index (χ1) is 10.9. The second-order valence-corrected chi connectivity index (χ2v) is 7.97. The van der Waals surface area contributed by atoms with Gasteiger partial charge in [0.15, 0.2) is 0 Å². The molecule has 8 heteroatoms. The third-order valence-corrected chi connectivity index (χ3v) is 6.08. The molecular formula is C15H19N3O4S. The molecule has 1 fully saturated rings. The number of hydrogen-bond donors (Lipinski definition) is 1. The molecule has 1 aromatic carbocycles. The lowest BCUT2D eigenvalue weighted by Gasteiger charge is -2.30. The molecule has 1 saturated heterocycles. The maximum Gasteiger partial charge on any atom is 0.261 e. The zero-order valence-electron chi connectivity index (χ0n) is 12.6. The molecule has 2 aliphatic rings. The van der Waals surface area contributed by atoms with Gasteiger partial charge in [-0.2, -0.15) is 0 Å². The predicted octanol–water partition coefficient (Wildman–Crippen LogP) is 0.0355. The van der Waals surface area contributed by atoms with E-state index in [2.05, 4.69) is 0 Å². The van der Waals surface area contributed by atoms with Gasteiger partial charge in [0.2, 0.25) is 10.0 Å². The van der Waals surface area contributed by atoms with Gasteiger partial charge in [-0.15, -0.1) is 0 Å². The molecule has 7 nitrogen and oxygen atoms in total. The van der Waals surface area contributed by atoms with Crippen molar-refractivity contribution >= 4 is 21.8 Å². The second kappa shape index (κ2) is 6.03. The van der Waals surface area contributed by atoms with Crippen LogP contribution in [0.15, 0.2) is 24.3 Å².